The number of hydrogen-bond acceptors (Lipinski definition) is 5. The Labute approximate surface area is 109 Å². The summed E-state index contributed by atoms with van der Waals surface area (Å²) in [6, 6.07) is 5.62. The predicted molar refractivity (Wildman–Crippen MR) is 65.3 cm³/mol. The lowest BCUT2D eigenvalue weighted by atomic mass is 10.0. The highest BCUT2D eigenvalue weighted by Crippen LogP contribution is 2.23. The third-order valence-electron chi connectivity index (χ3n) is 2.20. The largest absolute Gasteiger partial charge is 0.507 e. The maximum atomic E-state index is 11.4. The second-order valence-corrected chi connectivity index (χ2v) is 3.44. The average Bonchev–Trinajstić information content (AvgIpc) is 2.35. The van der Waals surface area contributed by atoms with Gasteiger partial charge in [-0.1, -0.05) is 12.1 Å². The first-order chi connectivity index (χ1) is 9.01. The van der Waals surface area contributed by atoms with Crippen molar-refractivity contribution in [2.45, 2.75) is 6.92 Å². The van der Waals surface area contributed by atoms with Gasteiger partial charge in [-0.15, -0.1) is 0 Å². The molecule has 0 spiro atoms. The van der Waals surface area contributed by atoms with Crippen molar-refractivity contribution in [3.63, 3.8) is 0 Å². The smallest absolute Gasteiger partial charge is 0.348 e. The van der Waals surface area contributed by atoms with Gasteiger partial charge in [-0.3, -0.25) is 0 Å². The summed E-state index contributed by atoms with van der Waals surface area (Å²) in [4.78, 5) is 22.4. The molecular formula is C13H11NO5. The van der Waals surface area contributed by atoms with E-state index in [1.807, 2.05) is 0 Å². The quantitative estimate of drug-likeness (QED) is 0.483. The number of aromatic carboxylic acids is 1. The molecule has 1 aromatic rings. The minimum Gasteiger partial charge on any atom is -0.507 e. The van der Waals surface area contributed by atoms with E-state index >= 15 is 0 Å². The molecule has 0 atom stereocenters. The van der Waals surface area contributed by atoms with Crippen molar-refractivity contribution in [3.05, 3.63) is 34.9 Å². The van der Waals surface area contributed by atoms with Crippen LogP contribution >= 0.6 is 0 Å². The van der Waals surface area contributed by atoms with Gasteiger partial charge in [0.15, 0.2) is 0 Å². The number of carbonyl (C=O) groups is 2. The molecule has 6 heteroatoms. The summed E-state index contributed by atoms with van der Waals surface area (Å²) in [6.07, 6.45) is 1.07. The summed E-state index contributed by atoms with van der Waals surface area (Å²) in [5.74, 6) is -2.64. The summed E-state index contributed by atoms with van der Waals surface area (Å²) in [7, 11) is 0. The van der Waals surface area contributed by atoms with Crippen LogP contribution < -0.4 is 0 Å². The Morgan fingerprint density at radius 3 is 2.68 bits per heavy atom. The zero-order chi connectivity index (χ0) is 14.4. The molecule has 6 nitrogen and oxygen atoms in total. The zero-order valence-corrected chi connectivity index (χ0v) is 10.1. The fourth-order valence-corrected chi connectivity index (χ4v) is 1.41. The third-order valence-corrected chi connectivity index (χ3v) is 2.20. The van der Waals surface area contributed by atoms with E-state index in [2.05, 4.69) is 4.74 Å². The number of esters is 1. The molecule has 2 N–H and O–H groups in total. The molecule has 1 rings (SSSR count). The Morgan fingerprint density at radius 2 is 2.16 bits per heavy atom. The van der Waals surface area contributed by atoms with Crippen molar-refractivity contribution in [1.82, 2.24) is 0 Å². The Morgan fingerprint density at radius 1 is 1.47 bits per heavy atom. The zero-order valence-electron chi connectivity index (χ0n) is 10.1. The van der Waals surface area contributed by atoms with Crippen molar-refractivity contribution in [2.75, 3.05) is 6.61 Å². The van der Waals surface area contributed by atoms with Gasteiger partial charge in [0, 0.05) is 0 Å². The SMILES string of the molecule is CCOC(=O)/C(C#N)=C/c1cccc(O)c1C(=O)O. The summed E-state index contributed by atoms with van der Waals surface area (Å²) in [5.41, 5.74) is -0.661. The van der Waals surface area contributed by atoms with Crippen LogP contribution in [0.15, 0.2) is 23.8 Å². The molecule has 0 aliphatic heterocycles. The lowest BCUT2D eigenvalue weighted by Crippen LogP contribution is -2.07. The maximum Gasteiger partial charge on any atom is 0.348 e. The van der Waals surface area contributed by atoms with E-state index in [4.69, 9.17) is 10.4 Å². The van der Waals surface area contributed by atoms with Gasteiger partial charge in [0.1, 0.15) is 23.0 Å². The highest BCUT2D eigenvalue weighted by atomic mass is 16.5. The second-order valence-electron chi connectivity index (χ2n) is 3.44. The summed E-state index contributed by atoms with van der Waals surface area (Å²) >= 11 is 0. The number of nitrogens with zero attached hydrogens (tertiary/aromatic N) is 1. The van der Waals surface area contributed by atoms with Crippen LogP contribution in [0.2, 0.25) is 0 Å². The first-order valence-electron chi connectivity index (χ1n) is 5.35. The van der Waals surface area contributed by atoms with E-state index in [1.165, 1.54) is 18.2 Å². The second kappa shape index (κ2) is 6.21. The van der Waals surface area contributed by atoms with Crippen LogP contribution in [-0.2, 0) is 9.53 Å². The lowest BCUT2D eigenvalue weighted by Gasteiger charge is -2.04. The number of carboxylic acids is 1. The molecule has 0 radical (unpaired) electrons. The highest BCUT2D eigenvalue weighted by Gasteiger charge is 2.16. The molecule has 0 aliphatic carbocycles. The van der Waals surface area contributed by atoms with Gasteiger partial charge in [-0.25, -0.2) is 9.59 Å². The molecule has 1 aromatic carbocycles. The monoisotopic (exact) mass is 261 g/mol. The van der Waals surface area contributed by atoms with E-state index in [9.17, 15) is 14.7 Å². The van der Waals surface area contributed by atoms with E-state index in [0.717, 1.165) is 6.08 Å². The van der Waals surface area contributed by atoms with Gasteiger partial charge in [-0.2, -0.15) is 5.26 Å². The number of hydrogen-bond donors (Lipinski definition) is 2. The molecule has 0 saturated heterocycles. The summed E-state index contributed by atoms with van der Waals surface area (Å²) < 4.78 is 4.66. The van der Waals surface area contributed by atoms with Crippen LogP contribution in [-0.4, -0.2) is 28.8 Å². The van der Waals surface area contributed by atoms with Crippen molar-refractivity contribution in [2.24, 2.45) is 0 Å². The van der Waals surface area contributed by atoms with E-state index in [0.29, 0.717) is 0 Å². The van der Waals surface area contributed by atoms with Crippen molar-refractivity contribution in [1.29, 1.82) is 5.26 Å². The van der Waals surface area contributed by atoms with Gasteiger partial charge in [-0.05, 0) is 24.6 Å². The van der Waals surface area contributed by atoms with E-state index in [-0.39, 0.29) is 23.3 Å². The third kappa shape index (κ3) is 3.33. The molecule has 0 heterocycles. The fourth-order valence-electron chi connectivity index (χ4n) is 1.41. The molecule has 0 saturated carbocycles. The number of carboxylic acid groups (broad SMARTS) is 1. The van der Waals surface area contributed by atoms with Gasteiger partial charge in [0.05, 0.1) is 6.61 Å². The van der Waals surface area contributed by atoms with Crippen LogP contribution in [0.25, 0.3) is 6.08 Å². The summed E-state index contributed by atoms with van der Waals surface area (Å²) in [6.45, 7) is 1.69. The Balaban J connectivity index is 3.31. The molecule has 98 valence electrons. The topological polar surface area (TPSA) is 108 Å². The Kier molecular flexibility index (Phi) is 4.66. The Bertz CT molecular complexity index is 583. The number of ether oxygens (including phenoxy) is 1. The van der Waals surface area contributed by atoms with Crippen LogP contribution in [0.3, 0.4) is 0 Å². The molecule has 19 heavy (non-hydrogen) atoms. The number of aromatic hydroxyl groups is 1. The van der Waals surface area contributed by atoms with Crippen molar-refractivity contribution in [3.8, 4) is 11.8 Å². The number of benzene rings is 1. The van der Waals surface area contributed by atoms with E-state index < -0.39 is 17.7 Å². The molecule has 0 bridgehead atoms. The van der Waals surface area contributed by atoms with Crippen molar-refractivity contribution >= 4 is 18.0 Å². The van der Waals surface area contributed by atoms with Crippen LogP contribution in [0, 0.1) is 11.3 Å². The minimum absolute atomic E-state index is 0.0529. The standard InChI is InChI=1S/C13H11NO5/c1-2-19-13(18)9(7-14)6-8-4-3-5-10(15)11(8)12(16)17/h3-6,15H,2H2,1H3,(H,16,17)/b9-6+. The highest BCUT2D eigenvalue weighted by molar-refractivity contribution is 6.01. The number of nitriles is 1. The van der Waals surface area contributed by atoms with Gasteiger partial charge in [0.2, 0.25) is 0 Å². The van der Waals surface area contributed by atoms with E-state index in [1.54, 1.807) is 13.0 Å². The van der Waals surface area contributed by atoms with Crippen LogP contribution in [0.5, 0.6) is 5.75 Å². The predicted octanol–water partition coefficient (Wildman–Crippen LogP) is 1.56. The number of rotatable bonds is 4. The average molecular weight is 261 g/mol. The van der Waals surface area contributed by atoms with Crippen molar-refractivity contribution < 1.29 is 24.5 Å². The first-order valence-corrected chi connectivity index (χ1v) is 5.35. The van der Waals surface area contributed by atoms with Crippen LogP contribution in [0.1, 0.15) is 22.8 Å². The minimum atomic E-state index is -1.36. The van der Waals surface area contributed by atoms with Crippen LogP contribution in [0.4, 0.5) is 0 Å². The Hall–Kier alpha value is -2.81. The van der Waals surface area contributed by atoms with Gasteiger partial charge >= 0.3 is 11.9 Å². The molecule has 0 aromatic heterocycles. The van der Waals surface area contributed by atoms with Gasteiger partial charge in [0.25, 0.3) is 0 Å². The molecule has 0 aliphatic rings. The molecule has 0 fully saturated rings. The molecular weight excluding hydrogens is 250 g/mol. The maximum absolute atomic E-state index is 11.4. The lowest BCUT2D eigenvalue weighted by molar-refractivity contribution is -0.137. The first kappa shape index (κ1) is 14.3. The molecule has 0 unspecified atom stereocenters. The summed E-state index contributed by atoms with van der Waals surface area (Å²) in [5, 5.41) is 27.3. The fraction of sp³-hybridized carbons (Fsp3) is 0.154. The number of phenols is 1. The number of carbonyl (C=O) groups excluding carboxylic acids is 1. The van der Waals surface area contributed by atoms with Gasteiger partial charge < -0.3 is 14.9 Å². The molecule has 0 amide bonds. The normalized spacial score (nSPS) is 10.6.